The molecule has 0 saturated heterocycles. The van der Waals surface area contributed by atoms with Crippen LogP contribution in [0.4, 0.5) is 0 Å². The van der Waals surface area contributed by atoms with Crippen molar-refractivity contribution in [2.24, 2.45) is 0 Å². The van der Waals surface area contributed by atoms with Gasteiger partial charge in [0.2, 0.25) is 5.91 Å². The second-order valence-electron chi connectivity index (χ2n) is 6.34. The van der Waals surface area contributed by atoms with E-state index in [4.69, 9.17) is 18.7 Å². The van der Waals surface area contributed by atoms with Crippen LogP contribution in [0.2, 0.25) is 0 Å². The Labute approximate surface area is 162 Å². The first-order chi connectivity index (χ1) is 13.7. The highest BCUT2D eigenvalue weighted by molar-refractivity contribution is 5.78. The normalized spacial score (nSPS) is 12.5. The molecule has 1 aliphatic heterocycles. The molecule has 7 nitrogen and oxygen atoms in total. The molecule has 3 aromatic rings. The van der Waals surface area contributed by atoms with Crippen molar-refractivity contribution < 1.29 is 23.5 Å². The van der Waals surface area contributed by atoms with Crippen LogP contribution in [0.1, 0.15) is 11.3 Å². The number of fused-ring (bicyclic) bond motifs is 1. The van der Waals surface area contributed by atoms with Gasteiger partial charge < -0.3 is 24.1 Å². The molecule has 0 fully saturated rings. The molecule has 0 saturated carbocycles. The Hall–Kier alpha value is -3.48. The van der Waals surface area contributed by atoms with Crippen molar-refractivity contribution in [3.05, 3.63) is 59.8 Å². The molecule has 1 N–H and O–H groups in total. The SMILES string of the molecule is COc1ccc(CNC(=O)Cc2cc(-c3ccc4c(c3)OCCO4)on2)cc1. The molecule has 1 aromatic heterocycles. The van der Waals surface area contributed by atoms with Crippen LogP contribution < -0.4 is 19.5 Å². The third-order valence-corrected chi connectivity index (χ3v) is 4.38. The largest absolute Gasteiger partial charge is 0.497 e. The second-order valence-corrected chi connectivity index (χ2v) is 6.34. The number of hydrogen-bond acceptors (Lipinski definition) is 6. The Kier molecular flexibility index (Phi) is 5.14. The lowest BCUT2D eigenvalue weighted by molar-refractivity contribution is -0.120. The Morgan fingerprint density at radius 2 is 1.86 bits per heavy atom. The van der Waals surface area contributed by atoms with Crippen molar-refractivity contribution >= 4 is 5.91 Å². The highest BCUT2D eigenvalue weighted by Crippen LogP contribution is 2.34. The van der Waals surface area contributed by atoms with Gasteiger partial charge in [-0.1, -0.05) is 17.3 Å². The Morgan fingerprint density at radius 3 is 2.64 bits per heavy atom. The fourth-order valence-corrected chi connectivity index (χ4v) is 2.90. The molecule has 1 amide bonds. The highest BCUT2D eigenvalue weighted by atomic mass is 16.6. The monoisotopic (exact) mass is 380 g/mol. The zero-order valence-electron chi connectivity index (χ0n) is 15.4. The van der Waals surface area contributed by atoms with E-state index in [1.165, 1.54) is 0 Å². The van der Waals surface area contributed by atoms with Crippen molar-refractivity contribution in [3.8, 4) is 28.6 Å². The van der Waals surface area contributed by atoms with Gasteiger partial charge in [0.25, 0.3) is 0 Å². The maximum Gasteiger partial charge on any atom is 0.226 e. The van der Waals surface area contributed by atoms with Gasteiger partial charge in [-0.25, -0.2) is 0 Å². The lowest BCUT2D eigenvalue weighted by Crippen LogP contribution is -2.24. The van der Waals surface area contributed by atoms with Gasteiger partial charge in [-0.2, -0.15) is 0 Å². The number of aromatic nitrogens is 1. The van der Waals surface area contributed by atoms with Crippen LogP contribution in [0.5, 0.6) is 17.2 Å². The zero-order valence-corrected chi connectivity index (χ0v) is 15.4. The van der Waals surface area contributed by atoms with E-state index in [1.807, 2.05) is 42.5 Å². The van der Waals surface area contributed by atoms with Crippen molar-refractivity contribution in [3.63, 3.8) is 0 Å². The first-order valence-electron chi connectivity index (χ1n) is 8.96. The number of nitrogens with one attached hydrogen (secondary N) is 1. The lowest BCUT2D eigenvalue weighted by atomic mass is 10.1. The van der Waals surface area contributed by atoms with Crippen LogP contribution in [-0.4, -0.2) is 31.4 Å². The molecule has 28 heavy (non-hydrogen) atoms. The average Bonchev–Trinajstić information content (AvgIpc) is 3.20. The van der Waals surface area contributed by atoms with Gasteiger partial charge in [0.1, 0.15) is 19.0 Å². The minimum absolute atomic E-state index is 0.127. The van der Waals surface area contributed by atoms with Crippen LogP contribution in [0, 0.1) is 0 Å². The van der Waals surface area contributed by atoms with Crippen LogP contribution in [0.15, 0.2) is 53.1 Å². The molecule has 0 atom stereocenters. The summed E-state index contributed by atoms with van der Waals surface area (Å²) in [7, 11) is 1.62. The van der Waals surface area contributed by atoms with Gasteiger partial charge >= 0.3 is 0 Å². The van der Waals surface area contributed by atoms with Gasteiger partial charge in [0, 0.05) is 18.2 Å². The minimum atomic E-state index is -0.127. The Balaban J connectivity index is 1.35. The molecular weight excluding hydrogens is 360 g/mol. The molecule has 0 aliphatic carbocycles. The number of ether oxygens (including phenoxy) is 3. The zero-order chi connectivity index (χ0) is 19.3. The molecule has 7 heteroatoms. The number of hydrogen-bond donors (Lipinski definition) is 1. The summed E-state index contributed by atoms with van der Waals surface area (Å²) in [6.45, 7) is 1.51. The first kappa shape index (κ1) is 17.9. The number of rotatable bonds is 6. The summed E-state index contributed by atoms with van der Waals surface area (Å²) in [6, 6.07) is 14.9. The third-order valence-electron chi connectivity index (χ3n) is 4.38. The van der Waals surface area contributed by atoms with E-state index in [-0.39, 0.29) is 12.3 Å². The Bertz CT molecular complexity index is 965. The number of carbonyl (C=O) groups is 1. The summed E-state index contributed by atoms with van der Waals surface area (Å²) >= 11 is 0. The van der Waals surface area contributed by atoms with Crippen molar-refractivity contribution in [2.45, 2.75) is 13.0 Å². The number of nitrogens with zero attached hydrogens (tertiary/aromatic N) is 1. The third kappa shape index (κ3) is 4.09. The predicted molar refractivity (Wildman–Crippen MR) is 101 cm³/mol. The van der Waals surface area contributed by atoms with Crippen molar-refractivity contribution in [2.75, 3.05) is 20.3 Å². The summed E-state index contributed by atoms with van der Waals surface area (Å²) in [5, 5.41) is 6.87. The molecule has 0 radical (unpaired) electrons. The minimum Gasteiger partial charge on any atom is -0.497 e. The molecule has 144 valence electrons. The van der Waals surface area contributed by atoms with E-state index < -0.39 is 0 Å². The average molecular weight is 380 g/mol. The number of benzene rings is 2. The number of methoxy groups -OCH3 is 1. The predicted octanol–water partition coefficient (Wildman–Crippen LogP) is 2.98. The smallest absolute Gasteiger partial charge is 0.226 e. The summed E-state index contributed by atoms with van der Waals surface area (Å²) in [4.78, 5) is 12.2. The van der Waals surface area contributed by atoms with Crippen LogP contribution in [0.3, 0.4) is 0 Å². The van der Waals surface area contributed by atoms with Crippen molar-refractivity contribution in [1.29, 1.82) is 0 Å². The summed E-state index contributed by atoms with van der Waals surface area (Å²) in [5.41, 5.74) is 2.38. The fraction of sp³-hybridized carbons (Fsp3) is 0.238. The molecule has 1 aliphatic rings. The lowest BCUT2D eigenvalue weighted by Gasteiger charge is -2.18. The molecule has 0 unspecified atom stereocenters. The van der Waals surface area contributed by atoms with Crippen molar-refractivity contribution in [1.82, 2.24) is 10.5 Å². The molecular formula is C21H20N2O5. The molecule has 2 heterocycles. The second kappa shape index (κ2) is 8.04. The van der Waals surface area contributed by atoms with Gasteiger partial charge in [-0.05, 0) is 35.9 Å². The van der Waals surface area contributed by atoms with E-state index in [1.54, 1.807) is 13.2 Å². The quantitative estimate of drug-likeness (QED) is 0.708. The molecule has 0 bridgehead atoms. The van der Waals surface area contributed by atoms with Gasteiger partial charge in [-0.3, -0.25) is 4.79 Å². The van der Waals surface area contributed by atoms with Gasteiger partial charge in [0.15, 0.2) is 17.3 Å². The Morgan fingerprint density at radius 1 is 1.07 bits per heavy atom. The summed E-state index contributed by atoms with van der Waals surface area (Å²) in [5.74, 6) is 2.63. The van der Waals surface area contributed by atoms with E-state index in [0.717, 1.165) is 16.9 Å². The van der Waals surface area contributed by atoms with Crippen LogP contribution >= 0.6 is 0 Å². The summed E-state index contributed by atoms with van der Waals surface area (Å²) < 4.78 is 21.6. The van der Waals surface area contributed by atoms with E-state index in [0.29, 0.717) is 42.7 Å². The van der Waals surface area contributed by atoms with E-state index in [2.05, 4.69) is 10.5 Å². The maximum atomic E-state index is 12.2. The van der Waals surface area contributed by atoms with Gasteiger partial charge in [0.05, 0.1) is 19.2 Å². The van der Waals surface area contributed by atoms with E-state index in [9.17, 15) is 4.79 Å². The maximum absolute atomic E-state index is 12.2. The molecule has 0 spiro atoms. The molecule has 2 aromatic carbocycles. The number of carbonyl (C=O) groups excluding carboxylic acids is 1. The van der Waals surface area contributed by atoms with Crippen LogP contribution in [-0.2, 0) is 17.8 Å². The first-order valence-corrected chi connectivity index (χ1v) is 8.96. The molecule has 4 rings (SSSR count). The topological polar surface area (TPSA) is 82.8 Å². The standard InChI is InChI=1S/C21H20N2O5/c1-25-17-5-2-14(3-6-17)13-22-21(24)12-16-11-19(28-23-16)15-4-7-18-20(10-15)27-9-8-26-18/h2-7,10-11H,8-9,12-13H2,1H3,(H,22,24). The highest BCUT2D eigenvalue weighted by Gasteiger charge is 2.15. The fourth-order valence-electron chi connectivity index (χ4n) is 2.90. The summed E-state index contributed by atoms with van der Waals surface area (Å²) in [6.07, 6.45) is 0.143. The number of amides is 1. The van der Waals surface area contributed by atoms with Crippen LogP contribution in [0.25, 0.3) is 11.3 Å². The van der Waals surface area contributed by atoms with Gasteiger partial charge in [-0.15, -0.1) is 0 Å². The van der Waals surface area contributed by atoms with E-state index >= 15 is 0 Å².